The number of halogens is 1. The molecule has 1 unspecified atom stereocenters. The van der Waals surface area contributed by atoms with Gasteiger partial charge in [-0.25, -0.2) is 4.98 Å². The molecule has 0 radical (unpaired) electrons. The van der Waals surface area contributed by atoms with E-state index in [1.165, 1.54) is 4.88 Å². The van der Waals surface area contributed by atoms with Crippen LogP contribution in [-0.4, -0.2) is 21.4 Å². The number of nitrogens with one attached hydrogen (secondary N) is 1. The predicted molar refractivity (Wildman–Crippen MR) is 98.9 cm³/mol. The van der Waals surface area contributed by atoms with Gasteiger partial charge in [-0.3, -0.25) is 9.69 Å². The molecule has 0 aliphatic rings. The molecule has 0 amide bonds. The molecule has 0 aliphatic carbocycles. The molecular weight excluding hydrogens is 374 g/mol. The summed E-state index contributed by atoms with van der Waals surface area (Å²) in [5.41, 5.74) is 0.667. The summed E-state index contributed by atoms with van der Waals surface area (Å²) < 4.78 is 1.13. The molecule has 0 aliphatic heterocycles. The van der Waals surface area contributed by atoms with E-state index in [0.717, 1.165) is 22.4 Å². The number of para-hydroxylation sites is 1. The van der Waals surface area contributed by atoms with Crippen molar-refractivity contribution in [1.82, 2.24) is 14.9 Å². The highest BCUT2D eigenvalue weighted by Crippen LogP contribution is 2.26. The minimum Gasteiger partial charge on any atom is -0.309 e. The molecule has 4 nitrogen and oxygen atoms in total. The van der Waals surface area contributed by atoms with Crippen molar-refractivity contribution in [2.75, 3.05) is 6.54 Å². The van der Waals surface area contributed by atoms with Crippen LogP contribution in [0.15, 0.2) is 45.0 Å². The van der Waals surface area contributed by atoms with Gasteiger partial charge in [0.2, 0.25) is 0 Å². The summed E-state index contributed by atoms with van der Waals surface area (Å²) in [6, 6.07) is 11.7. The molecule has 120 valence electrons. The number of thiophene rings is 1. The van der Waals surface area contributed by atoms with Crippen LogP contribution in [0.2, 0.25) is 0 Å². The van der Waals surface area contributed by atoms with Gasteiger partial charge in [-0.2, -0.15) is 0 Å². The molecule has 2 aromatic heterocycles. The van der Waals surface area contributed by atoms with E-state index in [0.29, 0.717) is 11.2 Å². The third-order valence-corrected chi connectivity index (χ3v) is 5.58. The van der Waals surface area contributed by atoms with Crippen LogP contribution in [0.5, 0.6) is 0 Å². The first-order chi connectivity index (χ1) is 11.1. The third-order valence-electron chi connectivity index (χ3n) is 3.97. The van der Waals surface area contributed by atoms with Gasteiger partial charge >= 0.3 is 0 Å². The number of hydrogen-bond donors (Lipinski definition) is 1. The molecule has 0 fully saturated rings. The monoisotopic (exact) mass is 391 g/mol. The Morgan fingerprint density at radius 1 is 1.30 bits per heavy atom. The number of nitrogens with zero attached hydrogens (tertiary/aromatic N) is 2. The van der Waals surface area contributed by atoms with Crippen molar-refractivity contribution in [3.8, 4) is 0 Å². The largest absolute Gasteiger partial charge is 0.309 e. The van der Waals surface area contributed by atoms with Gasteiger partial charge in [0.15, 0.2) is 0 Å². The Morgan fingerprint density at radius 2 is 2.09 bits per heavy atom. The van der Waals surface area contributed by atoms with Crippen LogP contribution in [0.1, 0.15) is 30.6 Å². The Bertz CT molecular complexity index is 873. The molecule has 3 aromatic rings. The topological polar surface area (TPSA) is 49.0 Å². The highest BCUT2D eigenvalue weighted by atomic mass is 79.9. The van der Waals surface area contributed by atoms with Gasteiger partial charge in [-0.1, -0.05) is 19.1 Å². The molecular formula is C17H18BrN3OS. The lowest BCUT2D eigenvalue weighted by Crippen LogP contribution is -2.29. The van der Waals surface area contributed by atoms with Crippen LogP contribution in [0.4, 0.5) is 0 Å². The number of H-pyrrole nitrogens is 1. The maximum absolute atomic E-state index is 12.3. The number of fused-ring (bicyclic) bond motifs is 1. The average molecular weight is 392 g/mol. The number of rotatable bonds is 5. The summed E-state index contributed by atoms with van der Waals surface area (Å²) in [6.45, 7) is 5.93. The summed E-state index contributed by atoms with van der Waals surface area (Å²) in [7, 11) is 0. The number of benzene rings is 1. The second-order valence-electron chi connectivity index (χ2n) is 5.41. The second kappa shape index (κ2) is 6.95. The SMILES string of the molecule is CCN(Cc1ccc(Br)s1)C(C)c1nc2ccccc2c(=O)[nH]1. The van der Waals surface area contributed by atoms with Crippen molar-refractivity contribution in [2.45, 2.75) is 26.4 Å². The number of hydrogen-bond acceptors (Lipinski definition) is 4. The van der Waals surface area contributed by atoms with Crippen LogP contribution >= 0.6 is 27.3 Å². The normalized spacial score (nSPS) is 12.9. The summed E-state index contributed by atoms with van der Waals surface area (Å²) in [6.07, 6.45) is 0. The highest BCUT2D eigenvalue weighted by molar-refractivity contribution is 9.11. The van der Waals surface area contributed by atoms with Gasteiger partial charge in [0.05, 0.1) is 20.7 Å². The maximum atomic E-state index is 12.3. The minimum atomic E-state index is -0.0765. The zero-order chi connectivity index (χ0) is 16.4. The van der Waals surface area contributed by atoms with Gasteiger partial charge in [0, 0.05) is 11.4 Å². The lowest BCUT2D eigenvalue weighted by Gasteiger charge is -2.26. The standard InChI is InChI=1S/C17H18BrN3OS/c1-3-21(10-12-8-9-15(18)23-12)11(2)16-19-14-7-5-4-6-13(14)17(22)20-16/h4-9,11H,3,10H2,1-2H3,(H,19,20,22). The third kappa shape index (κ3) is 3.54. The van der Waals surface area contributed by atoms with Crippen molar-refractivity contribution >= 4 is 38.2 Å². The van der Waals surface area contributed by atoms with Gasteiger partial charge in [-0.15, -0.1) is 11.3 Å². The molecule has 0 saturated heterocycles. The lowest BCUT2D eigenvalue weighted by atomic mass is 10.2. The molecule has 2 heterocycles. The fourth-order valence-electron chi connectivity index (χ4n) is 2.63. The van der Waals surface area contributed by atoms with E-state index in [1.807, 2.05) is 18.2 Å². The van der Waals surface area contributed by atoms with Gasteiger partial charge in [0.25, 0.3) is 5.56 Å². The van der Waals surface area contributed by atoms with Crippen LogP contribution in [-0.2, 0) is 6.54 Å². The van der Waals surface area contributed by atoms with Crippen molar-refractivity contribution in [3.63, 3.8) is 0 Å². The van der Waals surface area contributed by atoms with Gasteiger partial charge in [-0.05, 0) is 53.7 Å². The Hall–Kier alpha value is -1.50. The predicted octanol–water partition coefficient (Wildman–Crippen LogP) is 4.33. The summed E-state index contributed by atoms with van der Waals surface area (Å²) in [5.74, 6) is 0.714. The van der Waals surface area contributed by atoms with Crippen molar-refractivity contribution in [1.29, 1.82) is 0 Å². The molecule has 1 N–H and O–H groups in total. The van der Waals surface area contributed by atoms with E-state index in [9.17, 15) is 4.79 Å². The Labute approximate surface area is 147 Å². The summed E-state index contributed by atoms with van der Waals surface area (Å²) >= 11 is 5.24. The fraction of sp³-hybridized carbons (Fsp3) is 0.294. The lowest BCUT2D eigenvalue weighted by molar-refractivity contribution is 0.207. The number of aromatic amines is 1. The van der Waals surface area contributed by atoms with Crippen molar-refractivity contribution in [2.24, 2.45) is 0 Å². The summed E-state index contributed by atoms with van der Waals surface area (Å²) in [4.78, 5) is 23.4. The molecule has 0 saturated carbocycles. The smallest absolute Gasteiger partial charge is 0.258 e. The minimum absolute atomic E-state index is 0.0400. The van der Waals surface area contributed by atoms with E-state index in [4.69, 9.17) is 0 Å². The van der Waals surface area contributed by atoms with E-state index in [1.54, 1.807) is 17.4 Å². The Kier molecular flexibility index (Phi) is 4.94. The fourth-order valence-corrected chi connectivity index (χ4v) is 4.14. The first kappa shape index (κ1) is 16.4. The highest BCUT2D eigenvalue weighted by Gasteiger charge is 2.18. The van der Waals surface area contributed by atoms with E-state index in [2.05, 4.69) is 56.8 Å². The van der Waals surface area contributed by atoms with E-state index >= 15 is 0 Å². The Morgan fingerprint density at radius 3 is 2.78 bits per heavy atom. The maximum Gasteiger partial charge on any atom is 0.258 e. The van der Waals surface area contributed by atoms with E-state index < -0.39 is 0 Å². The van der Waals surface area contributed by atoms with Crippen LogP contribution in [0.25, 0.3) is 10.9 Å². The molecule has 0 bridgehead atoms. The van der Waals surface area contributed by atoms with Crippen LogP contribution in [0.3, 0.4) is 0 Å². The molecule has 6 heteroatoms. The zero-order valence-corrected chi connectivity index (χ0v) is 15.4. The molecule has 23 heavy (non-hydrogen) atoms. The first-order valence-corrected chi connectivity index (χ1v) is 9.16. The Balaban J connectivity index is 1.91. The van der Waals surface area contributed by atoms with E-state index in [-0.39, 0.29) is 11.6 Å². The van der Waals surface area contributed by atoms with Gasteiger partial charge < -0.3 is 4.98 Å². The molecule has 0 spiro atoms. The van der Waals surface area contributed by atoms with Crippen molar-refractivity contribution in [3.05, 3.63) is 61.2 Å². The first-order valence-electron chi connectivity index (χ1n) is 7.55. The molecule has 3 rings (SSSR count). The quantitative estimate of drug-likeness (QED) is 0.703. The summed E-state index contributed by atoms with van der Waals surface area (Å²) in [5, 5.41) is 0.633. The average Bonchev–Trinajstić information content (AvgIpc) is 2.97. The second-order valence-corrected chi connectivity index (χ2v) is 7.96. The molecule has 1 aromatic carbocycles. The van der Waals surface area contributed by atoms with Gasteiger partial charge in [0.1, 0.15) is 5.82 Å². The van der Waals surface area contributed by atoms with Crippen LogP contribution in [0, 0.1) is 0 Å². The zero-order valence-electron chi connectivity index (χ0n) is 13.0. The number of aromatic nitrogens is 2. The molecule has 1 atom stereocenters. The van der Waals surface area contributed by atoms with Crippen molar-refractivity contribution < 1.29 is 0 Å². The van der Waals surface area contributed by atoms with Crippen LogP contribution < -0.4 is 5.56 Å².